The van der Waals surface area contributed by atoms with E-state index in [2.05, 4.69) is 75.0 Å². The predicted molar refractivity (Wildman–Crippen MR) is 138 cm³/mol. The molecule has 2 aliphatic heterocycles. The number of hydrogen-bond donors (Lipinski definition) is 0. The van der Waals surface area contributed by atoms with Crippen LogP contribution in [0.5, 0.6) is 0 Å². The maximum absolute atomic E-state index is 14.0. The van der Waals surface area contributed by atoms with Gasteiger partial charge in [0.15, 0.2) is 0 Å². The fourth-order valence-corrected chi connectivity index (χ4v) is 5.33. The summed E-state index contributed by atoms with van der Waals surface area (Å²) in [7, 11) is 0. The van der Waals surface area contributed by atoms with Crippen molar-refractivity contribution in [3.8, 4) is 0 Å². The second-order valence-corrected chi connectivity index (χ2v) is 9.36. The Hall–Kier alpha value is -1.42. The zero-order chi connectivity index (χ0) is 25.4. The molecule has 0 unspecified atom stereocenters. The molecule has 0 radical (unpaired) electrons. The Balaban J connectivity index is 2.52. The number of hydrogen-bond acceptors (Lipinski definition) is 6. The van der Waals surface area contributed by atoms with Crippen molar-refractivity contribution in [3.63, 3.8) is 0 Å². The molecule has 2 rings (SSSR count). The van der Waals surface area contributed by atoms with Crippen molar-refractivity contribution in [3.05, 3.63) is 0 Å². The Morgan fingerprint density at radius 3 is 1.35 bits per heavy atom. The van der Waals surface area contributed by atoms with Crippen molar-refractivity contribution in [2.24, 2.45) is 5.92 Å². The number of carbonyl (C=O) groups is 2. The van der Waals surface area contributed by atoms with Crippen LogP contribution in [-0.4, -0.2) is 137 Å². The average molecular weight is 482 g/mol. The van der Waals surface area contributed by atoms with Crippen LogP contribution in [0.25, 0.3) is 0 Å². The van der Waals surface area contributed by atoms with Gasteiger partial charge in [-0.1, -0.05) is 55.4 Å². The van der Waals surface area contributed by atoms with Crippen LogP contribution < -0.4 is 0 Å². The van der Waals surface area contributed by atoms with E-state index in [0.717, 1.165) is 52.4 Å². The Labute approximate surface area is 208 Å². The van der Waals surface area contributed by atoms with E-state index in [1.54, 1.807) is 0 Å². The van der Waals surface area contributed by atoms with E-state index in [-0.39, 0.29) is 30.1 Å². The van der Waals surface area contributed by atoms with Gasteiger partial charge in [-0.05, 0) is 52.4 Å². The number of urea groups is 1. The van der Waals surface area contributed by atoms with Crippen molar-refractivity contribution in [2.75, 3.05) is 78.9 Å². The lowest BCUT2D eigenvalue weighted by Gasteiger charge is -2.36. The molecular formula is C25H51N7O2. The first-order valence-electron chi connectivity index (χ1n) is 13.6. The lowest BCUT2D eigenvalue weighted by molar-refractivity contribution is -0.136. The highest BCUT2D eigenvalue weighted by Crippen LogP contribution is 2.38. The minimum absolute atomic E-state index is 0.0652. The quantitative estimate of drug-likeness (QED) is 0.337. The third-order valence-electron chi connectivity index (χ3n) is 7.90. The van der Waals surface area contributed by atoms with E-state index in [1.807, 2.05) is 14.7 Å². The van der Waals surface area contributed by atoms with Crippen molar-refractivity contribution in [1.82, 2.24) is 34.3 Å². The second-order valence-electron chi connectivity index (χ2n) is 9.36. The van der Waals surface area contributed by atoms with E-state index < -0.39 is 0 Å². The number of likely N-dealkylation sites (tertiary alicyclic amines) is 1. The third kappa shape index (κ3) is 6.04. The molecule has 3 amide bonds. The first-order chi connectivity index (χ1) is 16.3. The van der Waals surface area contributed by atoms with E-state index >= 15 is 0 Å². The van der Waals surface area contributed by atoms with E-state index in [0.29, 0.717) is 26.6 Å². The summed E-state index contributed by atoms with van der Waals surface area (Å²) in [5.74, 6) is -0.0166. The zero-order valence-electron chi connectivity index (χ0n) is 23.2. The molecule has 0 aromatic heterocycles. The minimum atomic E-state index is -0.225. The Morgan fingerprint density at radius 2 is 0.941 bits per heavy atom. The van der Waals surface area contributed by atoms with Gasteiger partial charge in [-0.3, -0.25) is 24.4 Å². The Bertz CT molecular complexity index is 531. The van der Waals surface area contributed by atoms with Gasteiger partial charge in [-0.2, -0.15) is 0 Å². The molecule has 2 aliphatic rings. The molecule has 9 nitrogen and oxygen atoms in total. The summed E-state index contributed by atoms with van der Waals surface area (Å²) in [4.78, 5) is 43.1. The molecule has 3 atom stereocenters. The number of amides is 3. The highest BCUT2D eigenvalue weighted by atomic mass is 16.2. The summed E-state index contributed by atoms with van der Waals surface area (Å²) in [6.45, 7) is 26.6. The molecule has 0 spiro atoms. The molecule has 0 aromatic rings. The Morgan fingerprint density at radius 1 is 0.559 bits per heavy atom. The fraction of sp³-hybridized carbons (Fsp3) is 0.920. The number of nitrogens with zero attached hydrogens (tertiary/aromatic N) is 7. The van der Waals surface area contributed by atoms with Gasteiger partial charge in [-0.25, -0.2) is 4.79 Å². The summed E-state index contributed by atoms with van der Waals surface area (Å²) in [5.41, 5.74) is 0. The molecule has 34 heavy (non-hydrogen) atoms. The first-order valence-corrected chi connectivity index (χ1v) is 13.6. The van der Waals surface area contributed by atoms with Crippen LogP contribution in [0, 0.1) is 5.92 Å². The SMILES string of the molecule is CCN(CC)C[C@@H]1C(=O)N(CN(CC)CC)[C@@H]2[C@@H]1N(CN(CC)CC)C(=O)N2CN(CC)CC. The topological polar surface area (TPSA) is 56.8 Å². The minimum Gasteiger partial charge on any atom is -0.306 e. The molecule has 2 heterocycles. The lowest BCUT2D eigenvalue weighted by Crippen LogP contribution is -2.53. The molecule has 198 valence electrons. The lowest BCUT2D eigenvalue weighted by atomic mass is 10.00. The monoisotopic (exact) mass is 481 g/mol. The van der Waals surface area contributed by atoms with Gasteiger partial charge >= 0.3 is 6.03 Å². The van der Waals surface area contributed by atoms with Gasteiger partial charge < -0.3 is 14.7 Å². The summed E-state index contributed by atoms with van der Waals surface area (Å²) < 4.78 is 0. The standard InChI is InChI=1S/C25H51N7O2/c1-9-26(10-2)17-21-22-23(31(24(21)33)19-28(13-5)14-6)32(20-29(15-7)16-8)25(34)30(22)18-27(11-3)12-4/h21-23H,9-20H2,1-8H3/t21-,22+,23-/m0/s1. The summed E-state index contributed by atoms with van der Waals surface area (Å²) in [6, 6.07) is -0.0669. The van der Waals surface area contributed by atoms with Gasteiger partial charge in [0, 0.05) is 6.54 Å². The summed E-state index contributed by atoms with van der Waals surface area (Å²) in [6.07, 6.45) is -0.225. The van der Waals surface area contributed by atoms with Crippen LogP contribution in [0.1, 0.15) is 55.4 Å². The van der Waals surface area contributed by atoms with Crippen LogP contribution in [0.2, 0.25) is 0 Å². The van der Waals surface area contributed by atoms with E-state index in [1.165, 1.54) is 0 Å². The second kappa shape index (κ2) is 13.6. The molecule has 2 saturated heterocycles. The van der Waals surface area contributed by atoms with Crippen molar-refractivity contribution in [1.29, 1.82) is 0 Å². The van der Waals surface area contributed by atoms with Crippen LogP contribution in [-0.2, 0) is 4.79 Å². The molecular weight excluding hydrogens is 430 g/mol. The van der Waals surface area contributed by atoms with Gasteiger partial charge in [0.25, 0.3) is 0 Å². The van der Waals surface area contributed by atoms with Crippen molar-refractivity contribution >= 4 is 11.9 Å². The fourth-order valence-electron chi connectivity index (χ4n) is 5.33. The number of rotatable bonds is 16. The third-order valence-corrected chi connectivity index (χ3v) is 7.90. The highest BCUT2D eigenvalue weighted by molar-refractivity contribution is 5.88. The van der Waals surface area contributed by atoms with Gasteiger partial charge in [0.2, 0.25) is 5.91 Å². The van der Waals surface area contributed by atoms with Crippen LogP contribution in [0.15, 0.2) is 0 Å². The maximum Gasteiger partial charge on any atom is 0.324 e. The smallest absolute Gasteiger partial charge is 0.306 e. The molecule has 0 aromatic carbocycles. The molecule has 2 fully saturated rings. The summed E-state index contributed by atoms with van der Waals surface area (Å²) >= 11 is 0. The van der Waals surface area contributed by atoms with Crippen LogP contribution >= 0.6 is 0 Å². The first kappa shape index (κ1) is 28.8. The molecule has 0 saturated carbocycles. The number of carbonyl (C=O) groups excluding carboxylic acids is 2. The zero-order valence-corrected chi connectivity index (χ0v) is 23.2. The van der Waals surface area contributed by atoms with Crippen LogP contribution in [0.4, 0.5) is 4.79 Å². The van der Waals surface area contributed by atoms with E-state index in [9.17, 15) is 9.59 Å². The number of fused-ring (bicyclic) bond motifs is 1. The molecule has 9 heteroatoms. The van der Waals surface area contributed by atoms with Gasteiger partial charge in [-0.15, -0.1) is 0 Å². The van der Waals surface area contributed by atoms with Gasteiger partial charge in [0.05, 0.1) is 32.0 Å². The largest absolute Gasteiger partial charge is 0.324 e. The van der Waals surface area contributed by atoms with Crippen LogP contribution in [0.3, 0.4) is 0 Å². The normalized spacial score (nSPS) is 23.1. The highest BCUT2D eigenvalue weighted by Gasteiger charge is 2.60. The van der Waals surface area contributed by atoms with Gasteiger partial charge in [0.1, 0.15) is 6.17 Å². The molecule has 0 aliphatic carbocycles. The Kier molecular flexibility index (Phi) is 11.5. The van der Waals surface area contributed by atoms with Crippen molar-refractivity contribution < 1.29 is 9.59 Å². The van der Waals surface area contributed by atoms with Crippen molar-refractivity contribution in [2.45, 2.75) is 67.6 Å². The molecule has 0 bridgehead atoms. The average Bonchev–Trinajstić information content (AvgIpc) is 3.27. The summed E-state index contributed by atoms with van der Waals surface area (Å²) in [5, 5.41) is 0. The predicted octanol–water partition coefficient (Wildman–Crippen LogP) is 2.12. The van der Waals surface area contributed by atoms with E-state index in [4.69, 9.17) is 0 Å². The maximum atomic E-state index is 14.0. The molecule has 0 N–H and O–H groups in total.